The Hall–Kier alpha value is -2.63. The Morgan fingerprint density at radius 1 is 1.21 bits per heavy atom. The molecule has 0 atom stereocenters. The maximum absolute atomic E-state index is 13.0. The topological polar surface area (TPSA) is 48.0 Å². The first-order chi connectivity index (χ1) is 14.0. The lowest BCUT2D eigenvalue weighted by atomic mass is 9.99. The number of hydrogen-bond donors (Lipinski definition) is 0. The number of rotatable bonds is 5. The molecule has 0 bridgehead atoms. The van der Waals surface area contributed by atoms with Gasteiger partial charge < -0.3 is 14.2 Å². The van der Waals surface area contributed by atoms with E-state index in [1.54, 1.807) is 7.11 Å². The molecule has 4 rings (SSSR count). The summed E-state index contributed by atoms with van der Waals surface area (Å²) in [6, 6.07) is 10.2. The first-order valence-corrected chi connectivity index (χ1v) is 10.0. The van der Waals surface area contributed by atoms with Gasteiger partial charge in [-0.15, -0.1) is 0 Å². The normalized spacial score (nSPS) is 17.3. The van der Waals surface area contributed by atoms with Crippen LogP contribution in [0.5, 0.6) is 11.5 Å². The number of nitrogens with zero attached hydrogens (tertiary/aromatic N) is 1. The molecule has 0 fully saturated rings. The van der Waals surface area contributed by atoms with Gasteiger partial charge in [0.25, 0.3) is 0 Å². The summed E-state index contributed by atoms with van der Waals surface area (Å²) in [5, 5.41) is 0. The Labute approximate surface area is 171 Å². The SMILES string of the molecule is COCCN1COc2c(cc3c(c2C)O/C(=C\c2ccc(C(C)C)cc2)C3=O)C1. The average molecular weight is 393 g/mol. The van der Waals surface area contributed by atoms with E-state index in [0.717, 1.165) is 35.5 Å². The molecular weight excluding hydrogens is 366 g/mol. The van der Waals surface area contributed by atoms with Crippen molar-refractivity contribution in [1.82, 2.24) is 4.90 Å². The monoisotopic (exact) mass is 393 g/mol. The number of methoxy groups -OCH3 is 1. The summed E-state index contributed by atoms with van der Waals surface area (Å²) < 4.78 is 17.1. The van der Waals surface area contributed by atoms with Gasteiger partial charge in [0, 0.05) is 31.3 Å². The number of carbonyl (C=O) groups is 1. The van der Waals surface area contributed by atoms with E-state index < -0.39 is 0 Å². The van der Waals surface area contributed by atoms with Crippen LogP contribution in [0.1, 0.15) is 52.4 Å². The Morgan fingerprint density at radius 2 is 1.97 bits per heavy atom. The van der Waals surface area contributed by atoms with Crippen molar-refractivity contribution in [1.29, 1.82) is 0 Å². The van der Waals surface area contributed by atoms with Gasteiger partial charge >= 0.3 is 0 Å². The second-order valence-electron chi connectivity index (χ2n) is 7.95. The number of ether oxygens (including phenoxy) is 3. The minimum atomic E-state index is -0.0761. The van der Waals surface area contributed by atoms with Crippen molar-refractivity contribution >= 4 is 11.9 Å². The van der Waals surface area contributed by atoms with Crippen molar-refractivity contribution in [3.63, 3.8) is 0 Å². The minimum absolute atomic E-state index is 0.0761. The summed E-state index contributed by atoms with van der Waals surface area (Å²) in [4.78, 5) is 15.2. The molecule has 5 nitrogen and oxygen atoms in total. The third-order valence-electron chi connectivity index (χ3n) is 5.51. The van der Waals surface area contributed by atoms with E-state index in [4.69, 9.17) is 14.2 Å². The molecule has 0 radical (unpaired) electrons. The predicted octanol–water partition coefficient (Wildman–Crippen LogP) is 4.53. The largest absolute Gasteiger partial charge is 0.477 e. The van der Waals surface area contributed by atoms with E-state index >= 15 is 0 Å². The molecule has 2 aromatic rings. The molecular formula is C24H27NO4. The lowest BCUT2D eigenvalue weighted by Crippen LogP contribution is -2.34. The average Bonchev–Trinajstić information content (AvgIpc) is 3.03. The van der Waals surface area contributed by atoms with Crippen LogP contribution in [0.4, 0.5) is 0 Å². The fourth-order valence-electron chi connectivity index (χ4n) is 3.79. The van der Waals surface area contributed by atoms with Crippen LogP contribution in [0.25, 0.3) is 6.08 Å². The molecule has 0 saturated carbocycles. The lowest BCUT2D eigenvalue weighted by Gasteiger charge is -2.30. The Balaban J connectivity index is 1.61. The molecule has 0 aliphatic carbocycles. The summed E-state index contributed by atoms with van der Waals surface area (Å²) in [6.45, 7) is 8.95. The van der Waals surface area contributed by atoms with Crippen molar-refractivity contribution in [3.05, 3.63) is 63.9 Å². The van der Waals surface area contributed by atoms with Gasteiger partial charge in [0.2, 0.25) is 5.78 Å². The molecule has 2 aliphatic heterocycles. The zero-order chi connectivity index (χ0) is 20.5. The smallest absolute Gasteiger partial charge is 0.231 e. The lowest BCUT2D eigenvalue weighted by molar-refractivity contribution is 0.0649. The molecule has 0 unspecified atom stereocenters. The van der Waals surface area contributed by atoms with Gasteiger partial charge in [-0.2, -0.15) is 0 Å². The second kappa shape index (κ2) is 8.01. The van der Waals surface area contributed by atoms with Crippen LogP contribution < -0.4 is 9.47 Å². The summed E-state index contributed by atoms with van der Waals surface area (Å²) in [5.41, 5.74) is 4.74. The van der Waals surface area contributed by atoms with Crippen molar-refractivity contribution in [2.45, 2.75) is 33.2 Å². The van der Waals surface area contributed by atoms with E-state index in [-0.39, 0.29) is 5.78 Å². The van der Waals surface area contributed by atoms with Gasteiger partial charge in [0.15, 0.2) is 5.76 Å². The number of carbonyl (C=O) groups excluding carboxylic acids is 1. The molecule has 0 N–H and O–H groups in total. The van der Waals surface area contributed by atoms with Gasteiger partial charge in [-0.25, -0.2) is 0 Å². The summed E-state index contributed by atoms with van der Waals surface area (Å²) in [6.07, 6.45) is 1.82. The Kier molecular flexibility index (Phi) is 5.43. The highest BCUT2D eigenvalue weighted by Crippen LogP contribution is 2.43. The van der Waals surface area contributed by atoms with Gasteiger partial charge in [-0.1, -0.05) is 38.1 Å². The van der Waals surface area contributed by atoms with Crippen LogP contribution in [-0.2, 0) is 11.3 Å². The zero-order valence-corrected chi connectivity index (χ0v) is 17.5. The number of ketones is 1. The molecule has 0 spiro atoms. The van der Waals surface area contributed by atoms with Crippen LogP contribution >= 0.6 is 0 Å². The standard InChI is InChI=1S/C24H27NO4/c1-15(2)18-7-5-17(6-8-18)11-21-22(26)20-12-19-13-25(9-10-27-4)14-28-23(19)16(3)24(20)29-21/h5-8,11-12,15H,9-10,13-14H2,1-4H3/b21-11-. The minimum Gasteiger partial charge on any atom is -0.477 e. The Bertz CT molecular complexity index is 960. The number of hydrogen-bond acceptors (Lipinski definition) is 5. The highest BCUT2D eigenvalue weighted by molar-refractivity contribution is 6.15. The van der Waals surface area contributed by atoms with Crippen molar-refractivity contribution in [2.24, 2.45) is 0 Å². The van der Waals surface area contributed by atoms with Crippen LogP contribution in [0, 0.1) is 6.92 Å². The number of benzene rings is 2. The zero-order valence-electron chi connectivity index (χ0n) is 17.5. The first-order valence-electron chi connectivity index (χ1n) is 10.0. The number of fused-ring (bicyclic) bond motifs is 2. The van der Waals surface area contributed by atoms with E-state index in [1.807, 2.05) is 31.2 Å². The summed E-state index contributed by atoms with van der Waals surface area (Å²) in [5.74, 6) is 2.20. The molecule has 0 aromatic heterocycles. The van der Waals surface area contributed by atoms with Crippen molar-refractivity contribution in [2.75, 3.05) is 27.0 Å². The van der Waals surface area contributed by atoms with E-state index in [1.165, 1.54) is 5.56 Å². The number of Topliss-reactive ketones (excluding diaryl/α,β-unsaturated/α-hetero) is 1. The van der Waals surface area contributed by atoms with Crippen molar-refractivity contribution < 1.29 is 19.0 Å². The van der Waals surface area contributed by atoms with Crippen LogP contribution in [0.15, 0.2) is 36.1 Å². The van der Waals surface area contributed by atoms with E-state index in [2.05, 4.69) is 30.9 Å². The molecule has 0 amide bonds. The third kappa shape index (κ3) is 3.80. The number of allylic oxidation sites excluding steroid dienone is 1. The molecule has 2 aliphatic rings. The fraction of sp³-hybridized carbons (Fsp3) is 0.375. The van der Waals surface area contributed by atoms with E-state index in [9.17, 15) is 4.79 Å². The molecule has 152 valence electrons. The molecule has 29 heavy (non-hydrogen) atoms. The first kappa shape index (κ1) is 19.7. The van der Waals surface area contributed by atoms with Crippen LogP contribution in [0.2, 0.25) is 0 Å². The van der Waals surface area contributed by atoms with Gasteiger partial charge in [-0.3, -0.25) is 9.69 Å². The fourth-order valence-corrected chi connectivity index (χ4v) is 3.79. The molecule has 2 aromatic carbocycles. The highest BCUT2D eigenvalue weighted by Gasteiger charge is 2.33. The highest BCUT2D eigenvalue weighted by atomic mass is 16.5. The van der Waals surface area contributed by atoms with E-state index in [0.29, 0.717) is 36.3 Å². The molecule has 0 saturated heterocycles. The van der Waals surface area contributed by atoms with Crippen molar-refractivity contribution in [3.8, 4) is 11.5 Å². The van der Waals surface area contributed by atoms with Gasteiger partial charge in [-0.05, 0) is 36.1 Å². The summed E-state index contributed by atoms with van der Waals surface area (Å²) in [7, 11) is 1.69. The maximum atomic E-state index is 13.0. The quantitative estimate of drug-likeness (QED) is 0.699. The van der Waals surface area contributed by atoms with Gasteiger partial charge in [0.1, 0.15) is 18.2 Å². The Morgan fingerprint density at radius 3 is 2.66 bits per heavy atom. The van der Waals surface area contributed by atoms with Gasteiger partial charge in [0.05, 0.1) is 12.2 Å². The maximum Gasteiger partial charge on any atom is 0.231 e. The molecule has 2 heterocycles. The van der Waals surface area contributed by atoms with Crippen LogP contribution in [-0.4, -0.2) is 37.7 Å². The second-order valence-corrected chi connectivity index (χ2v) is 7.95. The molecule has 5 heteroatoms. The van der Waals surface area contributed by atoms with Crippen LogP contribution in [0.3, 0.4) is 0 Å². The third-order valence-corrected chi connectivity index (χ3v) is 5.51. The summed E-state index contributed by atoms with van der Waals surface area (Å²) >= 11 is 0. The predicted molar refractivity (Wildman–Crippen MR) is 112 cm³/mol.